The number of carbonyl (C=O) groups excluding carboxylic acids is 3. The number of allylic oxidation sites excluding steroid dienone is 4. The Morgan fingerprint density at radius 1 is 1.22 bits per heavy atom. The molecule has 4 fully saturated rings. The van der Waals surface area contributed by atoms with Gasteiger partial charge in [0.15, 0.2) is 17.1 Å². The molecule has 0 aliphatic heterocycles. The number of alkyl halides is 3. The average Bonchev–Trinajstić information content (AvgIpc) is 2.98. The van der Waals surface area contributed by atoms with Crippen LogP contribution >= 0.6 is 11.8 Å². The van der Waals surface area contributed by atoms with Crippen molar-refractivity contribution in [1.82, 2.24) is 0 Å². The summed E-state index contributed by atoms with van der Waals surface area (Å²) < 4.78 is 52.5. The van der Waals surface area contributed by atoms with E-state index in [-0.39, 0.29) is 30.8 Å². The van der Waals surface area contributed by atoms with Crippen LogP contribution in [-0.2, 0) is 19.1 Å². The first kappa shape index (κ1) is 26.0. The highest BCUT2D eigenvalue weighted by Crippen LogP contribution is 2.72. The fraction of sp³-hybridized carbons (Fsp3) is 0.741. The second-order valence-corrected chi connectivity index (χ2v) is 12.7. The Bertz CT molecular complexity index is 1060. The molecule has 0 spiro atoms. The molecule has 0 amide bonds. The molecular formula is C27H33F3O5S. The van der Waals surface area contributed by atoms with Crippen molar-refractivity contribution in [1.29, 1.82) is 0 Å². The summed E-state index contributed by atoms with van der Waals surface area (Å²) in [6, 6.07) is -1.01. The molecule has 9 heteroatoms. The van der Waals surface area contributed by atoms with Crippen LogP contribution in [0.1, 0.15) is 59.3 Å². The van der Waals surface area contributed by atoms with Gasteiger partial charge in [-0.25, -0.2) is 13.2 Å². The molecule has 9 atom stereocenters. The third-order valence-corrected chi connectivity index (χ3v) is 11.0. The van der Waals surface area contributed by atoms with E-state index in [9.17, 15) is 23.9 Å². The summed E-state index contributed by atoms with van der Waals surface area (Å²) in [6.45, 7) is 4.96. The minimum absolute atomic E-state index is 0.0224. The number of thioether (sulfide) groups is 1. The topological polar surface area (TPSA) is 80.7 Å². The first-order chi connectivity index (χ1) is 16.9. The molecule has 5 rings (SSSR count). The van der Waals surface area contributed by atoms with Gasteiger partial charge in [-0.05, 0) is 74.4 Å². The molecule has 1 N–H and O–H groups in total. The molecule has 0 aromatic carbocycles. The zero-order chi connectivity index (χ0) is 26.3. The molecule has 0 aromatic rings. The molecule has 4 saturated carbocycles. The van der Waals surface area contributed by atoms with Gasteiger partial charge in [0.2, 0.25) is 5.12 Å². The summed E-state index contributed by atoms with van der Waals surface area (Å²) in [6.07, 6.45) is 2.43. The van der Waals surface area contributed by atoms with Crippen LogP contribution in [0.5, 0.6) is 0 Å². The number of aliphatic hydroxyl groups is 1. The third kappa shape index (κ3) is 3.10. The number of hydrogen-bond donors (Lipinski definition) is 1. The molecule has 0 saturated heterocycles. The zero-order valence-electron chi connectivity index (χ0n) is 20.8. The lowest BCUT2D eigenvalue weighted by molar-refractivity contribution is -0.230. The monoisotopic (exact) mass is 526 g/mol. The summed E-state index contributed by atoms with van der Waals surface area (Å²) in [4.78, 5) is 38.7. The molecule has 5 unspecified atom stereocenters. The maximum atomic E-state index is 17.3. The maximum Gasteiger partial charge on any atom is 0.309 e. The molecule has 5 nitrogen and oxygen atoms in total. The van der Waals surface area contributed by atoms with E-state index >= 15 is 8.78 Å². The average molecular weight is 527 g/mol. The lowest BCUT2D eigenvalue weighted by Gasteiger charge is -2.63. The summed E-state index contributed by atoms with van der Waals surface area (Å²) in [5.41, 5.74) is -6.80. The van der Waals surface area contributed by atoms with Crippen molar-refractivity contribution in [2.24, 2.45) is 34.5 Å². The normalized spacial score (nSPS) is 47.8. The van der Waals surface area contributed by atoms with Crippen molar-refractivity contribution in [2.75, 3.05) is 6.01 Å². The van der Waals surface area contributed by atoms with Gasteiger partial charge in [0.25, 0.3) is 0 Å². The van der Waals surface area contributed by atoms with Crippen LogP contribution in [0.3, 0.4) is 0 Å². The number of hydrogen-bond acceptors (Lipinski definition) is 6. The van der Waals surface area contributed by atoms with Gasteiger partial charge in [0, 0.05) is 22.7 Å². The lowest BCUT2D eigenvalue weighted by Crippen LogP contribution is -2.70. The Morgan fingerprint density at radius 2 is 1.92 bits per heavy atom. The summed E-state index contributed by atoms with van der Waals surface area (Å²) in [5, 5.41) is 10.8. The summed E-state index contributed by atoms with van der Waals surface area (Å²) in [7, 11) is 0. The molecule has 5 aliphatic carbocycles. The largest absolute Gasteiger partial charge is 0.449 e. The van der Waals surface area contributed by atoms with Gasteiger partial charge < -0.3 is 9.84 Å². The van der Waals surface area contributed by atoms with E-state index in [2.05, 4.69) is 0 Å². The Kier molecular flexibility index (Phi) is 6.11. The van der Waals surface area contributed by atoms with Crippen molar-refractivity contribution in [3.8, 4) is 0 Å². The number of aliphatic hydroxyl groups excluding tert-OH is 1. The standard InChI is InChI=1S/C27H33F3O5S/c1-14-9-17-18-11-20(29)19-10-16(31)7-8-24(19,2)26(18,30)21(32)12-25(17,3)27(14,23(34)36-13-28)35-22(33)15-5-4-6-15/h7-8,10,14-15,17-18,20-21,32H,4-6,9,11-13H2,1-3H3/t14?,17-,18-,20?,21?,24-,25-,26?,27?/m0/s1. The lowest BCUT2D eigenvalue weighted by atomic mass is 9.44. The molecule has 5 aliphatic rings. The van der Waals surface area contributed by atoms with E-state index in [1.54, 1.807) is 13.8 Å². The molecule has 0 aromatic heterocycles. The summed E-state index contributed by atoms with van der Waals surface area (Å²) in [5.74, 6) is -3.48. The molecular weight excluding hydrogens is 493 g/mol. The number of fused-ring (bicyclic) bond motifs is 5. The van der Waals surface area contributed by atoms with Gasteiger partial charge in [0.1, 0.15) is 12.2 Å². The first-order valence-corrected chi connectivity index (χ1v) is 13.8. The molecule has 198 valence electrons. The third-order valence-electron chi connectivity index (χ3n) is 10.4. The molecule has 0 bridgehead atoms. The zero-order valence-corrected chi connectivity index (χ0v) is 21.6. The van der Waals surface area contributed by atoms with E-state index < -0.39 is 75.0 Å². The molecule has 0 radical (unpaired) electrons. The highest BCUT2D eigenvalue weighted by atomic mass is 32.2. The number of ketones is 1. The predicted molar refractivity (Wildman–Crippen MR) is 128 cm³/mol. The van der Waals surface area contributed by atoms with E-state index in [4.69, 9.17) is 4.74 Å². The van der Waals surface area contributed by atoms with Crippen molar-refractivity contribution in [3.63, 3.8) is 0 Å². The minimum atomic E-state index is -2.30. The fourth-order valence-electron chi connectivity index (χ4n) is 8.26. The second-order valence-electron chi connectivity index (χ2n) is 11.8. The quantitative estimate of drug-likeness (QED) is 0.529. The van der Waals surface area contributed by atoms with Crippen molar-refractivity contribution < 1.29 is 37.4 Å². The van der Waals surface area contributed by atoms with Gasteiger partial charge in [-0.15, -0.1) is 0 Å². The molecule has 0 heterocycles. The Balaban J connectivity index is 1.62. The van der Waals surface area contributed by atoms with Crippen LogP contribution in [0.25, 0.3) is 0 Å². The van der Waals surface area contributed by atoms with Gasteiger partial charge in [-0.2, -0.15) is 0 Å². The van der Waals surface area contributed by atoms with Gasteiger partial charge in [0.05, 0.1) is 12.0 Å². The van der Waals surface area contributed by atoms with Crippen LogP contribution < -0.4 is 0 Å². The second kappa shape index (κ2) is 8.45. The van der Waals surface area contributed by atoms with Crippen LogP contribution in [-0.4, -0.2) is 51.5 Å². The Morgan fingerprint density at radius 3 is 2.53 bits per heavy atom. The van der Waals surface area contributed by atoms with Crippen LogP contribution in [0.15, 0.2) is 23.8 Å². The highest BCUT2D eigenvalue weighted by molar-refractivity contribution is 8.13. The number of halogens is 3. The van der Waals surface area contributed by atoms with Crippen molar-refractivity contribution in [3.05, 3.63) is 23.8 Å². The Hall–Kier alpha value is -1.61. The van der Waals surface area contributed by atoms with Crippen LogP contribution in [0, 0.1) is 34.5 Å². The first-order valence-electron chi connectivity index (χ1n) is 12.8. The fourth-order valence-corrected chi connectivity index (χ4v) is 9.05. The van der Waals surface area contributed by atoms with Crippen molar-refractivity contribution >= 4 is 28.6 Å². The van der Waals surface area contributed by atoms with Gasteiger partial charge >= 0.3 is 5.97 Å². The van der Waals surface area contributed by atoms with E-state index in [0.717, 1.165) is 12.5 Å². The highest BCUT2D eigenvalue weighted by Gasteiger charge is 2.78. The van der Waals surface area contributed by atoms with Gasteiger partial charge in [-0.1, -0.05) is 26.3 Å². The maximum absolute atomic E-state index is 17.3. The summed E-state index contributed by atoms with van der Waals surface area (Å²) >= 11 is 0.423. The number of ether oxygens (including phenoxy) is 1. The van der Waals surface area contributed by atoms with E-state index in [1.807, 2.05) is 0 Å². The van der Waals surface area contributed by atoms with Crippen LogP contribution in [0.2, 0.25) is 0 Å². The smallest absolute Gasteiger partial charge is 0.309 e. The van der Waals surface area contributed by atoms with Crippen LogP contribution in [0.4, 0.5) is 13.2 Å². The minimum Gasteiger partial charge on any atom is -0.449 e. The molecule has 36 heavy (non-hydrogen) atoms. The SMILES string of the molecule is CC1C[C@H]2[C@@H]3CC(F)C4=CC(=O)C=C[C@]4(C)C3(F)C(O)C[C@]2(C)C1(OC(=O)C1CCC1)C(=O)SCF. The van der Waals surface area contributed by atoms with E-state index in [0.29, 0.717) is 24.6 Å². The van der Waals surface area contributed by atoms with Crippen molar-refractivity contribution in [2.45, 2.75) is 82.8 Å². The van der Waals surface area contributed by atoms with Gasteiger partial charge in [-0.3, -0.25) is 14.4 Å². The predicted octanol–water partition coefficient (Wildman–Crippen LogP) is 4.82. The van der Waals surface area contributed by atoms with E-state index in [1.165, 1.54) is 19.1 Å². The number of esters is 1. The number of carbonyl (C=O) groups is 3. The number of rotatable bonds is 4. The Labute approximate surface area is 213 Å².